The normalized spacial score (nSPS) is 15.2. The van der Waals surface area contributed by atoms with Gasteiger partial charge in [0.25, 0.3) is 0 Å². The van der Waals surface area contributed by atoms with Crippen LogP contribution >= 0.6 is 0 Å². The van der Waals surface area contributed by atoms with Crippen molar-refractivity contribution in [3.63, 3.8) is 0 Å². The predicted octanol–water partition coefficient (Wildman–Crippen LogP) is -3.31. The van der Waals surface area contributed by atoms with Gasteiger partial charge in [-0.05, 0) is 66.3 Å². The summed E-state index contributed by atoms with van der Waals surface area (Å²) in [5.74, 6) is -5.21. The fourth-order valence-electron chi connectivity index (χ4n) is 3.29. The van der Waals surface area contributed by atoms with Gasteiger partial charge in [0.2, 0.25) is 35.4 Å². The summed E-state index contributed by atoms with van der Waals surface area (Å²) in [5.41, 5.74) is 16.3. The van der Waals surface area contributed by atoms with Gasteiger partial charge in [0.15, 0.2) is 0 Å². The maximum atomic E-state index is 12.9. The van der Waals surface area contributed by atoms with Crippen molar-refractivity contribution in [2.45, 2.75) is 102 Å². The van der Waals surface area contributed by atoms with Crippen LogP contribution in [-0.2, 0) is 33.6 Å². The molecule has 0 radical (unpaired) electrons. The van der Waals surface area contributed by atoms with E-state index in [9.17, 15) is 33.6 Å². The Morgan fingerprint density at radius 1 is 0.625 bits per heavy atom. The number of hydrogen-bond acceptors (Lipinski definition) is 9. The van der Waals surface area contributed by atoms with Gasteiger partial charge < -0.3 is 48.9 Å². The zero-order valence-electron chi connectivity index (χ0n) is 23.5. The fourth-order valence-corrected chi connectivity index (χ4v) is 3.29. The average molecular weight is 573 g/mol. The van der Waals surface area contributed by atoms with Crippen LogP contribution in [0.3, 0.4) is 0 Å². The Balaban J connectivity index is 5.13. The summed E-state index contributed by atoms with van der Waals surface area (Å²) in [6, 6.07) is -6.21. The first-order valence-electron chi connectivity index (χ1n) is 13.1. The van der Waals surface area contributed by atoms with Crippen LogP contribution in [0, 0.1) is 0 Å². The van der Waals surface area contributed by atoms with Gasteiger partial charge in [-0.15, -0.1) is 0 Å². The van der Waals surface area contributed by atoms with Crippen LogP contribution in [0.5, 0.6) is 0 Å². The van der Waals surface area contributed by atoms with Crippen molar-refractivity contribution in [3.05, 3.63) is 0 Å². The molecule has 228 valence electrons. The first-order valence-corrected chi connectivity index (χ1v) is 13.1. The SMILES string of the molecule is C[C@H](N)C(=O)N[C@@H](C)C(=O)N[C@@H](CCCCN)C(=O)N[C@H](C)C(=O)N[C@@H](C)C(=O)N[C@@H](CCCC(=O)O)C(N)=O. The van der Waals surface area contributed by atoms with Crippen molar-refractivity contribution in [2.24, 2.45) is 17.2 Å². The van der Waals surface area contributed by atoms with Crippen LogP contribution in [0.1, 0.15) is 66.2 Å². The van der Waals surface area contributed by atoms with Crippen molar-refractivity contribution >= 4 is 41.4 Å². The van der Waals surface area contributed by atoms with Crippen LogP contribution in [0.15, 0.2) is 0 Å². The minimum atomic E-state index is -1.12. The summed E-state index contributed by atoms with van der Waals surface area (Å²) in [5, 5.41) is 21.0. The third-order valence-corrected chi connectivity index (χ3v) is 5.79. The smallest absolute Gasteiger partial charge is 0.303 e. The topological polar surface area (TPSA) is 278 Å². The minimum absolute atomic E-state index is 0.00527. The molecular weight excluding hydrogens is 528 g/mol. The Labute approximate surface area is 233 Å². The summed E-state index contributed by atoms with van der Waals surface area (Å²) < 4.78 is 0. The molecule has 0 aliphatic heterocycles. The second-order valence-electron chi connectivity index (χ2n) is 9.57. The van der Waals surface area contributed by atoms with Gasteiger partial charge >= 0.3 is 5.97 Å². The molecule has 0 heterocycles. The number of carboxylic acids is 1. The number of hydrogen-bond donors (Lipinski definition) is 9. The van der Waals surface area contributed by atoms with E-state index in [0.717, 1.165) is 0 Å². The highest BCUT2D eigenvalue weighted by Gasteiger charge is 2.28. The van der Waals surface area contributed by atoms with E-state index < -0.39 is 77.7 Å². The monoisotopic (exact) mass is 572 g/mol. The average Bonchev–Trinajstić information content (AvgIpc) is 2.86. The molecule has 12 N–H and O–H groups in total. The molecule has 0 aromatic rings. The molecule has 0 bridgehead atoms. The van der Waals surface area contributed by atoms with Gasteiger partial charge in [0.05, 0.1) is 6.04 Å². The van der Waals surface area contributed by atoms with Crippen molar-refractivity contribution in [1.82, 2.24) is 26.6 Å². The molecule has 16 nitrogen and oxygen atoms in total. The van der Waals surface area contributed by atoms with Crippen molar-refractivity contribution in [1.29, 1.82) is 0 Å². The lowest BCUT2D eigenvalue weighted by Crippen LogP contribution is -2.58. The van der Waals surface area contributed by atoms with Gasteiger partial charge in [-0.2, -0.15) is 0 Å². The van der Waals surface area contributed by atoms with Gasteiger partial charge in [-0.25, -0.2) is 0 Å². The molecule has 0 saturated heterocycles. The molecule has 0 aromatic heterocycles. The van der Waals surface area contributed by atoms with E-state index in [0.29, 0.717) is 19.4 Å². The molecule has 16 heteroatoms. The number of carboxylic acid groups (broad SMARTS) is 1. The van der Waals surface area contributed by atoms with E-state index in [-0.39, 0.29) is 25.7 Å². The minimum Gasteiger partial charge on any atom is -0.481 e. The summed E-state index contributed by atoms with van der Waals surface area (Å²) in [7, 11) is 0. The Hall–Kier alpha value is -3.79. The molecule has 0 fully saturated rings. The van der Waals surface area contributed by atoms with Crippen LogP contribution in [0.4, 0.5) is 0 Å². The lowest BCUT2D eigenvalue weighted by atomic mass is 10.1. The standard InChI is InChI=1S/C24H44N8O8/c1-12(26)20(36)28-14(3)23(39)32-17(8-5-6-11-25)24(40)30-13(2)21(37)29-15(4)22(38)31-16(19(27)35)9-7-10-18(33)34/h12-17H,5-11,25-26H2,1-4H3,(H2,27,35)(H,28,36)(H,29,37)(H,30,40)(H,31,38)(H,32,39)(H,33,34)/t12-,13+,14-,15-,16-,17-/m0/s1. The lowest BCUT2D eigenvalue weighted by Gasteiger charge is -2.24. The molecule has 0 unspecified atom stereocenters. The molecule has 0 rings (SSSR count). The molecule has 0 aliphatic rings. The van der Waals surface area contributed by atoms with E-state index in [1.165, 1.54) is 27.7 Å². The van der Waals surface area contributed by atoms with Gasteiger partial charge in [-0.3, -0.25) is 33.6 Å². The van der Waals surface area contributed by atoms with Crippen LogP contribution in [0.2, 0.25) is 0 Å². The molecule has 0 aromatic carbocycles. The van der Waals surface area contributed by atoms with E-state index in [2.05, 4.69) is 26.6 Å². The number of aliphatic carboxylic acids is 1. The summed E-state index contributed by atoms with van der Waals surface area (Å²) in [4.78, 5) is 84.6. The van der Waals surface area contributed by atoms with E-state index in [1.54, 1.807) is 0 Å². The number of unbranched alkanes of at least 4 members (excludes halogenated alkanes) is 1. The first kappa shape index (κ1) is 36.2. The second kappa shape index (κ2) is 18.5. The zero-order chi connectivity index (χ0) is 31.0. The van der Waals surface area contributed by atoms with Crippen LogP contribution < -0.4 is 43.8 Å². The Kier molecular flexibility index (Phi) is 16.7. The molecule has 0 saturated carbocycles. The molecule has 40 heavy (non-hydrogen) atoms. The summed E-state index contributed by atoms with van der Waals surface area (Å²) in [6.45, 7) is 5.99. The number of carbonyl (C=O) groups excluding carboxylic acids is 6. The number of nitrogens with two attached hydrogens (primary N) is 3. The number of nitrogens with one attached hydrogen (secondary N) is 5. The van der Waals surface area contributed by atoms with Gasteiger partial charge in [-0.1, -0.05) is 0 Å². The third-order valence-electron chi connectivity index (χ3n) is 5.79. The third kappa shape index (κ3) is 14.4. The fraction of sp³-hybridized carbons (Fsp3) is 0.708. The number of rotatable bonds is 19. The highest BCUT2D eigenvalue weighted by atomic mass is 16.4. The maximum absolute atomic E-state index is 12.9. The molecule has 6 amide bonds. The van der Waals surface area contributed by atoms with Crippen molar-refractivity contribution in [2.75, 3.05) is 6.54 Å². The van der Waals surface area contributed by atoms with E-state index >= 15 is 0 Å². The Morgan fingerprint density at radius 2 is 1.05 bits per heavy atom. The number of primary amides is 1. The summed E-state index contributed by atoms with van der Waals surface area (Å²) >= 11 is 0. The largest absolute Gasteiger partial charge is 0.481 e. The molecular formula is C24H44N8O8. The highest BCUT2D eigenvalue weighted by Crippen LogP contribution is 2.04. The number of amides is 6. The zero-order valence-corrected chi connectivity index (χ0v) is 23.5. The van der Waals surface area contributed by atoms with Crippen molar-refractivity contribution < 1.29 is 38.7 Å². The van der Waals surface area contributed by atoms with Gasteiger partial charge in [0, 0.05) is 6.42 Å². The first-order chi connectivity index (χ1) is 18.6. The molecule has 0 aliphatic carbocycles. The van der Waals surface area contributed by atoms with E-state index in [4.69, 9.17) is 22.3 Å². The Bertz CT molecular complexity index is 913. The molecule has 0 spiro atoms. The van der Waals surface area contributed by atoms with Crippen LogP contribution in [0.25, 0.3) is 0 Å². The lowest BCUT2D eigenvalue weighted by molar-refractivity contribution is -0.137. The Morgan fingerprint density at radius 3 is 1.50 bits per heavy atom. The second-order valence-corrected chi connectivity index (χ2v) is 9.57. The highest BCUT2D eigenvalue weighted by molar-refractivity contribution is 5.96. The predicted molar refractivity (Wildman–Crippen MR) is 144 cm³/mol. The molecule has 6 atom stereocenters. The maximum Gasteiger partial charge on any atom is 0.303 e. The summed E-state index contributed by atoms with van der Waals surface area (Å²) in [6.07, 6.45) is 1.20. The quantitative estimate of drug-likeness (QED) is 0.0694. The van der Waals surface area contributed by atoms with Crippen LogP contribution in [-0.4, -0.2) is 89.3 Å². The van der Waals surface area contributed by atoms with Crippen molar-refractivity contribution in [3.8, 4) is 0 Å². The number of carbonyl (C=O) groups is 7. The van der Waals surface area contributed by atoms with E-state index in [1.807, 2.05) is 0 Å². The van der Waals surface area contributed by atoms with Gasteiger partial charge in [0.1, 0.15) is 30.2 Å².